The molecule has 2 aromatic carbocycles. The van der Waals surface area contributed by atoms with Crippen molar-refractivity contribution >= 4 is 16.8 Å². The van der Waals surface area contributed by atoms with Gasteiger partial charge in [0.25, 0.3) is 5.91 Å². The first-order chi connectivity index (χ1) is 15.1. The highest BCUT2D eigenvalue weighted by molar-refractivity contribution is 5.98. The molecule has 5 heteroatoms. The summed E-state index contributed by atoms with van der Waals surface area (Å²) in [5, 5.41) is 1.08. The summed E-state index contributed by atoms with van der Waals surface area (Å²) in [5.74, 6) is 1.66. The normalized spacial score (nSPS) is 20.8. The summed E-state index contributed by atoms with van der Waals surface area (Å²) in [6.07, 6.45) is 7.01. The topological polar surface area (TPSA) is 54.6 Å². The number of methoxy groups -OCH3 is 1. The fourth-order valence-electron chi connectivity index (χ4n) is 5.23. The Balaban J connectivity index is 1.20. The van der Waals surface area contributed by atoms with Crippen molar-refractivity contribution in [2.45, 2.75) is 37.7 Å². The number of carbonyl (C=O) groups excluding carboxylic acids is 1. The van der Waals surface area contributed by atoms with Gasteiger partial charge in [-0.2, -0.15) is 0 Å². The Labute approximate surface area is 183 Å². The number of hydrogen-bond donors (Lipinski definition) is 1. The van der Waals surface area contributed by atoms with Crippen LogP contribution in [0.15, 0.2) is 54.7 Å². The van der Waals surface area contributed by atoms with Gasteiger partial charge in [-0.25, -0.2) is 0 Å². The Morgan fingerprint density at radius 2 is 1.97 bits per heavy atom. The van der Waals surface area contributed by atoms with E-state index in [2.05, 4.69) is 17.1 Å². The number of piperidine rings is 1. The van der Waals surface area contributed by atoms with Crippen LogP contribution in [0.5, 0.6) is 5.75 Å². The number of carbonyl (C=O) groups is 1. The van der Waals surface area contributed by atoms with Crippen molar-refractivity contribution in [3.05, 3.63) is 65.9 Å². The van der Waals surface area contributed by atoms with Crippen molar-refractivity contribution in [3.8, 4) is 5.75 Å². The van der Waals surface area contributed by atoms with Crippen LogP contribution in [-0.2, 0) is 11.2 Å². The van der Waals surface area contributed by atoms with Crippen LogP contribution in [-0.4, -0.2) is 48.2 Å². The molecule has 5 nitrogen and oxygen atoms in total. The van der Waals surface area contributed by atoms with Crippen molar-refractivity contribution < 1.29 is 14.3 Å². The molecule has 2 aliphatic heterocycles. The zero-order valence-corrected chi connectivity index (χ0v) is 18.1. The molecule has 3 aromatic rings. The smallest absolute Gasteiger partial charge is 0.253 e. The number of fused-ring (bicyclic) bond motifs is 1. The minimum atomic E-state index is -0.0727. The quantitative estimate of drug-likeness (QED) is 0.661. The average Bonchev–Trinajstić information content (AvgIpc) is 3.28. The number of H-pyrrole nitrogens is 1. The van der Waals surface area contributed by atoms with Crippen LogP contribution in [0.25, 0.3) is 10.9 Å². The van der Waals surface area contributed by atoms with Gasteiger partial charge in [-0.3, -0.25) is 4.79 Å². The Morgan fingerprint density at radius 3 is 2.74 bits per heavy atom. The fourth-order valence-corrected chi connectivity index (χ4v) is 5.23. The van der Waals surface area contributed by atoms with Crippen LogP contribution >= 0.6 is 0 Å². The minimum absolute atomic E-state index is 0.0727. The van der Waals surface area contributed by atoms with E-state index in [0.717, 1.165) is 74.0 Å². The number of hydrogen-bond acceptors (Lipinski definition) is 3. The van der Waals surface area contributed by atoms with Crippen LogP contribution < -0.4 is 4.74 Å². The predicted octanol–water partition coefficient (Wildman–Crippen LogP) is 4.82. The molecule has 5 rings (SSSR count). The lowest BCUT2D eigenvalue weighted by molar-refractivity contribution is -0.123. The summed E-state index contributed by atoms with van der Waals surface area (Å²) in [7, 11) is 1.70. The van der Waals surface area contributed by atoms with Crippen LogP contribution in [0.4, 0.5) is 0 Å². The van der Waals surface area contributed by atoms with Crippen molar-refractivity contribution in [1.29, 1.82) is 0 Å². The number of ether oxygens (including phenoxy) is 2. The summed E-state index contributed by atoms with van der Waals surface area (Å²) >= 11 is 0. The molecule has 2 saturated heterocycles. The maximum absolute atomic E-state index is 13.1. The summed E-state index contributed by atoms with van der Waals surface area (Å²) in [6, 6.07) is 16.3. The van der Waals surface area contributed by atoms with Gasteiger partial charge in [-0.15, -0.1) is 0 Å². The molecule has 0 radical (unpaired) electrons. The van der Waals surface area contributed by atoms with E-state index in [1.165, 1.54) is 5.56 Å². The first-order valence-corrected chi connectivity index (χ1v) is 11.3. The number of benzene rings is 2. The third-order valence-corrected chi connectivity index (χ3v) is 7.04. The summed E-state index contributed by atoms with van der Waals surface area (Å²) in [6.45, 7) is 2.34. The molecule has 0 saturated carbocycles. The molecule has 1 amide bonds. The molecule has 1 unspecified atom stereocenters. The second kappa shape index (κ2) is 8.39. The Kier molecular flexibility index (Phi) is 5.45. The van der Waals surface area contributed by atoms with E-state index < -0.39 is 0 Å². The third-order valence-electron chi connectivity index (χ3n) is 7.04. The van der Waals surface area contributed by atoms with Gasteiger partial charge in [0.15, 0.2) is 0 Å². The number of nitrogens with zero attached hydrogens (tertiary/aromatic N) is 1. The van der Waals surface area contributed by atoms with Crippen molar-refractivity contribution in [3.63, 3.8) is 0 Å². The molecule has 2 aliphatic rings. The van der Waals surface area contributed by atoms with E-state index in [9.17, 15) is 4.79 Å². The monoisotopic (exact) mass is 418 g/mol. The Hall–Kier alpha value is -2.79. The van der Waals surface area contributed by atoms with Crippen LogP contribution in [0.2, 0.25) is 0 Å². The van der Waals surface area contributed by atoms with E-state index >= 15 is 0 Å². The minimum Gasteiger partial charge on any atom is -0.497 e. The first-order valence-electron chi connectivity index (χ1n) is 11.3. The lowest BCUT2D eigenvalue weighted by Gasteiger charge is -2.46. The van der Waals surface area contributed by atoms with Crippen LogP contribution in [0.1, 0.15) is 41.6 Å². The molecule has 3 heterocycles. The molecule has 1 aromatic heterocycles. The maximum atomic E-state index is 13.1. The van der Waals surface area contributed by atoms with Gasteiger partial charge in [0.05, 0.1) is 12.7 Å². The zero-order valence-electron chi connectivity index (χ0n) is 18.1. The maximum Gasteiger partial charge on any atom is 0.253 e. The molecule has 31 heavy (non-hydrogen) atoms. The predicted molar refractivity (Wildman–Crippen MR) is 122 cm³/mol. The highest BCUT2D eigenvalue weighted by atomic mass is 16.5. The Morgan fingerprint density at radius 1 is 1.16 bits per heavy atom. The summed E-state index contributed by atoms with van der Waals surface area (Å²) in [5.41, 5.74) is 3.12. The summed E-state index contributed by atoms with van der Waals surface area (Å²) < 4.78 is 11.6. The van der Waals surface area contributed by atoms with Crippen molar-refractivity contribution in [2.75, 3.05) is 26.8 Å². The average molecular weight is 419 g/mol. The molecule has 2 fully saturated rings. The molecule has 1 N–H and O–H groups in total. The summed E-state index contributed by atoms with van der Waals surface area (Å²) in [4.78, 5) is 18.2. The van der Waals surface area contributed by atoms with E-state index in [-0.39, 0.29) is 11.5 Å². The number of aromatic nitrogens is 1. The second-order valence-corrected chi connectivity index (χ2v) is 9.01. The van der Waals surface area contributed by atoms with Crippen molar-refractivity contribution in [2.24, 2.45) is 5.92 Å². The number of aromatic amines is 1. The molecule has 1 spiro atoms. The molecule has 162 valence electrons. The van der Waals surface area contributed by atoms with E-state index in [0.29, 0.717) is 5.92 Å². The van der Waals surface area contributed by atoms with Gasteiger partial charge >= 0.3 is 0 Å². The van der Waals surface area contributed by atoms with Gasteiger partial charge in [-0.05, 0) is 80.0 Å². The van der Waals surface area contributed by atoms with Crippen LogP contribution in [0.3, 0.4) is 0 Å². The van der Waals surface area contributed by atoms with Gasteiger partial charge in [0.2, 0.25) is 0 Å². The Bertz CT molecular complexity index is 1050. The SMILES string of the molecule is COc1ccc(CC2CCOC3(CCN(C(=O)c4ccc5[nH]ccc5c4)CC3)C2)cc1. The molecule has 0 bridgehead atoms. The molecule has 0 aliphatic carbocycles. The number of likely N-dealkylation sites (tertiary alicyclic amines) is 1. The lowest BCUT2D eigenvalue weighted by atomic mass is 9.77. The largest absolute Gasteiger partial charge is 0.497 e. The van der Waals surface area contributed by atoms with Gasteiger partial charge in [0, 0.05) is 42.4 Å². The second-order valence-electron chi connectivity index (χ2n) is 9.01. The lowest BCUT2D eigenvalue weighted by Crippen LogP contribution is -2.51. The number of nitrogens with one attached hydrogen (secondary N) is 1. The van der Waals surface area contributed by atoms with E-state index in [4.69, 9.17) is 9.47 Å². The number of rotatable bonds is 4. The number of amides is 1. The van der Waals surface area contributed by atoms with Gasteiger partial charge in [0.1, 0.15) is 5.75 Å². The van der Waals surface area contributed by atoms with Crippen molar-refractivity contribution in [1.82, 2.24) is 9.88 Å². The molecule has 1 atom stereocenters. The molecular formula is C26H30N2O3. The zero-order chi connectivity index (χ0) is 21.3. The van der Waals surface area contributed by atoms with E-state index in [1.54, 1.807) is 7.11 Å². The third kappa shape index (κ3) is 4.19. The van der Waals surface area contributed by atoms with E-state index in [1.807, 2.05) is 47.5 Å². The highest BCUT2D eigenvalue weighted by Gasteiger charge is 2.41. The highest BCUT2D eigenvalue weighted by Crippen LogP contribution is 2.39. The molecular weight excluding hydrogens is 388 g/mol. The van der Waals surface area contributed by atoms with Gasteiger partial charge < -0.3 is 19.4 Å². The van der Waals surface area contributed by atoms with Crippen LogP contribution in [0, 0.1) is 5.92 Å². The van der Waals surface area contributed by atoms with Gasteiger partial charge in [-0.1, -0.05) is 12.1 Å². The fraction of sp³-hybridized carbons (Fsp3) is 0.423. The first kappa shape index (κ1) is 20.1. The standard InChI is InChI=1S/C26H30N2O3/c1-30-23-5-2-19(3-6-23)16-20-9-15-31-26(18-20)10-13-28(14-11-26)25(29)22-4-7-24-21(17-22)8-12-27-24/h2-8,12,17,20,27H,9-11,13-16,18H2,1H3.